The smallest absolute Gasteiger partial charge is 0.291 e. The molecule has 23 heavy (non-hydrogen) atoms. The average molecular weight is 316 g/mol. The topological polar surface area (TPSA) is 91.6 Å². The van der Waals surface area contributed by atoms with Crippen LogP contribution in [0.4, 0.5) is 5.69 Å². The molecule has 0 spiro atoms. The van der Waals surface area contributed by atoms with Gasteiger partial charge < -0.3 is 20.2 Å². The Morgan fingerprint density at radius 1 is 1.17 bits per heavy atom. The molecular formula is C17H20N2O4. The second kappa shape index (κ2) is 7.11. The molecule has 6 heteroatoms. The van der Waals surface area contributed by atoms with Gasteiger partial charge in [0.15, 0.2) is 5.76 Å². The van der Waals surface area contributed by atoms with E-state index in [4.69, 9.17) is 9.52 Å². The number of nitrogens with one attached hydrogen (secondary N) is 2. The van der Waals surface area contributed by atoms with Gasteiger partial charge in [0, 0.05) is 5.69 Å². The maximum absolute atomic E-state index is 11.9. The summed E-state index contributed by atoms with van der Waals surface area (Å²) in [7, 11) is 0. The van der Waals surface area contributed by atoms with E-state index >= 15 is 0 Å². The van der Waals surface area contributed by atoms with Crippen molar-refractivity contribution < 1.29 is 19.1 Å². The van der Waals surface area contributed by atoms with Crippen molar-refractivity contribution >= 4 is 17.5 Å². The van der Waals surface area contributed by atoms with E-state index in [1.807, 2.05) is 0 Å². The van der Waals surface area contributed by atoms with Gasteiger partial charge in [-0.05, 0) is 43.7 Å². The Kier molecular flexibility index (Phi) is 5.18. The van der Waals surface area contributed by atoms with Crippen LogP contribution in [-0.2, 0) is 11.2 Å². The number of aliphatic hydroxyl groups is 1. The summed E-state index contributed by atoms with van der Waals surface area (Å²) in [6.45, 7) is 3.37. The van der Waals surface area contributed by atoms with Crippen molar-refractivity contribution in [2.75, 3.05) is 11.9 Å². The Hall–Kier alpha value is -2.60. The fourth-order valence-corrected chi connectivity index (χ4v) is 1.95. The van der Waals surface area contributed by atoms with Crippen molar-refractivity contribution in [3.8, 4) is 0 Å². The second-order valence-corrected chi connectivity index (χ2v) is 5.90. The average Bonchev–Trinajstić information content (AvgIpc) is 3.03. The normalized spacial score (nSPS) is 11.1. The largest absolute Gasteiger partial charge is 0.459 e. The molecule has 0 radical (unpaired) electrons. The highest BCUT2D eigenvalue weighted by Gasteiger charge is 2.19. The van der Waals surface area contributed by atoms with Gasteiger partial charge in [0.25, 0.3) is 5.91 Å². The molecule has 122 valence electrons. The first-order valence-electron chi connectivity index (χ1n) is 7.25. The van der Waals surface area contributed by atoms with Gasteiger partial charge in [0.2, 0.25) is 5.91 Å². The van der Waals surface area contributed by atoms with Gasteiger partial charge in [0.05, 0.1) is 24.8 Å². The highest BCUT2D eigenvalue weighted by molar-refractivity contribution is 6.02. The third-order valence-corrected chi connectivity index (χ3v) is 3.19. The van der Waals surface area contributed by atoms with Crippen LogP contribution in [0, 0.1) is 0 Å². The van der Waals surface area contributed by atoms with Crippen LogP contribution >= 0.6 is 0 Å². The lowest BCUT2D eigenvalue weighted by Crippen LogP contribution is -2.46. The zero-order valence-electron chi connectivity index (χ0n) is 13.1. The van der Waals surface area contributed by atoms with Crippen molar-refractivity contribution in [1.82, 2.24) is 5.32 Å². The molecular weight excluding hydrogens is 296 g/mol. The Morgan fingerprint density at radius 3 is 2.43 bits per heavy atom. The maximum Gasteiger partial charge on any atom is 0.291 e. The molecule has 2 aromatic rings. The minimum atomic E-state index is -0.645. The first-order valence-corrected chi connectivity index (χ1v) is 7.25. The lowest BCUT2D eigenvalue weighted by Gasteiger charge is -2.23. The Bertz CT molecular complexity index is 660. The van der Waals surface area contributed by atoms with E-state index in [2.05, 4.69) is 10.6 Å². The van der Waals surface area contributed by atoms with Crippen LogP contribution in [0.3, 0.4) is 0 Å². The number of aliphatic hydroxyl groups excluding tert-OH is 1. The molecule has 0 saturated carbocycles. The number of hydrogen-bond acceptors (Lipinski definition) is 4. The molecule has 0 unspecified atom stereocenters. The van der Waals surface area contributed by atoms with Gasteiger partial charge in [-0.2, -0.15) is 0 Å². The van der Waals surface area contributed by atoms with Crippen molar-refractivity contribution in [3.05, 3.63) is 54.0 Å². The van der Waals surface area contributed by atoms with E-state index in [9.17, 15) is 9.59 Å². The van der Waals surface area contributed by atoms with Gasteiger partial charge in [-0.15, -0.1) is 0 Å². The predicted octanol–water partition coefficient (Wildman–Crippen LogP) is 1.96. The molecule has 3 N–H and O–H groups in total. The zero-order chi connectivity index (χ0) is 16.9. The molecule has 0 aliphatic heterocycles. The van der Waals surface area contributed by atoms with E-state index in [-0.39, 0.29) is 30.6 Å². The number of benzene rings is 1. The van der Waals surface area contributed by atoms with Crippen LogP contribution < -0.4 is 10.6 Å². The van der Waals surface area contributed by atoms with Crippen molar-refractivity contribution in [3.63, 3.8) is 0 Å². The molecule has 1 heterocycles. The number of hydrogen-bond donors (Lipinski definition) is 3. The quantitative estimate of drug-likeness (QED) is 0.759. The number of anilines is 1. The minimum Gasteiger partial charge on any atom is -0.459 e. The first-order chi connectivity index (χ1) is 10.9. The van der Waals surface area contributed by atoms with E-state index in [0.717, 1.165) is 5.56 Å². The van der Waals surface area contributed by atoms with Crippen LogP contribution in [0.15, 0.2) is 47.1 Å². The zero-order valence-corrected chi connectivity index (χ0v) is 13.1. The molecule has 1 aromatic heterocycles. The Morgan fingerprint density at radius 2 is 1.87 bits per heavy atom. The van der Waals surface area contributed by atoms with E-state index < -0.39 is 5.54 Å². The standard InChI is InChI=1S/C17H20N2O4/c1-17(2,11-20)19-15(21)10-12-5-7-13(8-6-12)18-16(22)14-4-3-9-23-14/h3-9,20H,10-11H2,1-2H3,(H,18,22)(H,19,21). The third kappa shape index (κ3) is 4.96. The molecule has 0 saturated heterocycles. The summed E-state index contributed by atoms with van der Waals surface area (Å²) in [6.07, 6.45) is 1.64. The van der Waals surface area contributed by atoms with Crippen molar-refractivity contribution in [1.29, 1.82) is 0 Å². The van der Waals surface area contributed by atoms with E-state index in [1.165, 1.54) is 6.26 Å². The third-order valence-electron chi connectivity index (χ3n) is 3.19. The summed E-state index contributed by atoms with van der Waals surface area (Å²) in [5, 5.41) is 14.6. The lowest BCUT2D eigenvalue weighted by molar-refractivity contribution is -0.122. The highest BCUT2D eigenvalue weighted by Crippen LogP contribution is 2.12. The number of rotatable bonds is 6. The summed E-state index contributed by atoms with van der Waals surface area (Å²) in [5.74, 6) is -0.263. The maximum atomic E-state index is 11.9. The number of amides is 2. The van der Waals surface area contributed by atoms with Crippen LogP contribution in [0.5, 0.6) is 0 Å². The lowest BCUT2D eigenvalue weighted by atomic mass is 10.1. The fourth-order valence-electron chi connectivity index (χ4n) is 1.95. The summed E-state index contributed by atoms with van der Waals surface area (Å²) >= 11 is 0. The minimum absolute atomic E-state index is 0.128. The molecule has 0 aliphatic carbocycles. The summed E-state index contributed by atoms with van der Waals surface area (Å²) in [6, 6.07) is 10.2. The monoisotopic (exact) mass is 316 g/mol. The second-order valence-electron chi connectivity index (χ2n) is 5.90. The highest BCUT2D eigenvalue weighted by atomic mass is 16.3. The summed E-state index contributed by atoms with van der Waals surface area (Å²) < 4.78 is 5.02. The van der Waals surface area contributed by atoms with Crippen LogP contribution in [0.25, 0.3) is 0 Å². The van der Waals surface area contributed by atoms with Gasteiger partial charge in [-0.1, -0.05) is 12.1 Å². The van der Waals surface area contributed by atoms with Gasteiger partial charge >= 0.3 is 0 Å². The van der Waals surface area contributed by atoms with Crippen molar-refractivity contribution in [2.24, 2.45) is 0 Å². The summed E-state index contributed by atoms with van der Waals surface area (Å²) in [4.78, 5) is 23.7. The SMILES string of the molecule is CC(C)(CO)NC(=O)Cc1ccc(NC(=O)c2ccco2)cc1. The van der Waals surface area contributed by atoms with Crippen LogP contribution in [0.2, 0.25) is 0 Å². The molecule has 0 aliphatic rings. The van der Waals surface area contributed by atoms with Crippen molar-refractivity contribution in [2.45, 2.75) is 25.8 Å². The first kappa shape index (κ1) is 16.8. The summed E-state index contributed by atoms with van der Waals surface area (Å²) in [5.41, 5.74) is 0.784. The molecule has 0 bridgehead atoms. The molecule has 2 amide bonds. The van der Waals surface area contributed by atoms with Gasteiger partial charge in [0.1, 0.15) is 0 Å². The van der Waals surface area contributed by atoms with Gasteiger partial charge in [-0.3, -0.25) is 9.59 Å². The molecule has 6 nitrogen and oxygen atoms in total. The molecule has 0 atom stereocenters. The van der Waals surface area contributed by atoms with E-state index in [1.54, 1.807) is 50.2 Å². The Labute approximate surface area is 134 Å². The predicted molar refractivity (Wildman–Crippen MR) is 86.1 cm³/mol. The molecule has 1 aromatic carbocycles. The molecule has 0 fully saturated rings. The molecule has 2 rings (SSSR count). The number of carbonyl (C=O) groups excluding carboxylic acids is 2. The fraction of sp³-hybridized carbons (Fsp3) is 0.294. The van der Waals surface area contributed by atoms with Crippen LogP contribution in [-0.4, -0.2) is 29.1 Å². The van der Waals surface area contributed by atoms with Gasteiger partial charge in [-0.25, -0.2) is 0 Å². The number of carbonyl (C=O) groups is 2. The van der Waals surface area contributed by atoms with Crippen LogP contribution in [0.1, 0.15) is 30.0 Å². The Balaban J connectivity index is 1.92. The number of furan rings is 1. The van der Waals surface area contributed by atoms with E-state index in [0.29, 0.717) is 5.69 Å².